The number of primary amides is 1. The maximum atomic E-state index is 12.5. The molecule has 0 aromatic heterocycles. The number of nitrogens with one attached hydrogen (secondary N) is 3. The van der Waals surface area contributed by atoms with E-state index in [1.165, 1.54) is 11.8 Å². The smallest absolute Gasteiger partial charge is 0.248 e. The minimum atomic E-state index is -0.838. The Hall–Kier alpha value is -2.75. The fraction of sp³-hybridized carbons (Fsp3) is 0.375. The highest BCUT2D eigenvalue weighted by atomic mass is 32.2. The molecule has 2 heterocycles. The molecule has 3 aliphatic rings. The van der Waals surface area contributed by atoms with E-state index in [0.717, 1.165) is 5.76 Å². The number of methoxy groups -OCH3 is 1. The first-order valence-corrected chi connectivity index (χ1v) is 8.93. The van der Waals surface area contributed by atoms with E-state index in [9.17, 15) is 9.59 Å². The Labute approximate surface area is 154 Å². The van der Waals surface area contributed by atoms with Gasteiger partial charge in [-0.25, -0.2) is 4.99 Å². The van der Waals surface area contributed by atoms with Crippen molar-refractivity contribution in [2.45, 2.75) is 24.3 Å². The topological polar surface area (TPSA) is 130 Å². The normalized spacial score (nSPS) is 24.5. The number of amides is 2. The highest BCUT2D eigenvalue weighted by Gasteiger charge is 2.36. The second-order valence-electron chi connectivity index (χ2n) is 5.72. The molecule has 0 aromatic rings. The van der Waals surface area contributed by atoms with Gasteiger partial charge in [0.25, 0.3) is 0 Å². The van der Waals surface area contributed by atoms with Gasteiger partial charge in [0.15, 0.2) is 11.2 Å². The molecule has 0 saturated heterocycles. The van der Waals surface area contributed by atoms with Gasteiger partial charge in [0.1, 0.15) is 12.0 Å². The zero-order valence-electron chi connectivity index (χ0n) is 14.2. The number of nitrogens with zero attached hydrogens (tertiary/aromatic N) is 2. The van der Waals surface area contributed by atoms with E-state index in [2.05, 4.69) is 25.9 Å². The van der Waals surface area contributed by atoms with Crippen molar-refractivity contribution in [1.82, 2.24) is 16.0 Å². The molecule has 0 fully saturated rings. The van der Waals surface area contributed by atoms with Crippen LogP contribution in [0.1, 0.15) is 12.8 Å². The summed E-state index contributed by atoms with van der Waals surface area (Å²) in [4.78, 5) is 32.6. The Morgan fingerprint density at radius 3 is 2.85 bits per heavy atom. The average molecular weight is 376 g/mol. The molecule has 10 heteroatoms. The van der Waals surface area contributed by atoms with Crippen LogP contribution in [0.4, 0.5) is 0 Å². The third-order valence-electron chi connectivity index (χ3n) is 3.93. The zero-order valence-corrected chi connectivity index (χ0v) is 15.0. The lowest BCUT2D eigenvalue weighted by Gasteiger charge is -2.19. The van der Waals surface area contributed by atoms with Crippen molar-refractivity contribution < 1.29 is 14.3 Å². The van der Waals surface area contributed by atoms with Crippen LogP contribution in [0.5, 0.6) is 0 Å². The molecule has 0 bridgehead atoms. The molecule has 1 aliphatic carbocycles. The van der Waals surface area contributed by atoms with Gasteiger partial charge in [-0.1, -0.05) is 17.8 Å². The Balaban J connectivity index is 1.64. The van der Waals surface area contributed by atoms with Crippen molar-refractivity contribution in [1.29, 1.82) is 0 Å². The van der Waals surface area contributed by atoms with Crippen LogP contribution in [0.15, 0.2) is 45.4 Å². The number of thioether (sulfide) groups is 1. The monoisotopic (exact) mass is 376 g/mol. The van der Waals surface area contributed by atoms with Gasteiger partial charge in [-0.05, 0) is 12.5 Å². The van der Waals surface area contributed by atoms with E-state index >= 15 is 0 Å². The Morgan fingerprint density at radius 2 is 2.23 bits per heavy atom. The minimum Gasteiger partial charge on any atom is -0.501 e. The van der Waals surface area contributed by atoms with E-state index in [-0.39, 0.29) is 5.91 Å². The Bertz CT molecular complexity index is 755. The van der Waals surface area contributed by atoms with Crippen molar-refractivity contribution in [2.24, 2.45) is 15.7 Å². The number of hydrogen-bond acceptors (Lipinski definition) is 8. The van der Waals surface area contributed by atoms with Crippen LogP contribution in [-0.2, 0) is 14.3 Å². The number of aliphatic imine (C=N–C) groups is 2. The SMILES string of the molecule is COC1=CC=C(C(=O)NC2SC(NC3=CNCN=C3)=NC2C(N)=O)CC1. The van der Waals surface area contributed by atoms with Crippen LogP contribution in [0.3, 0.4) is 0 Å². The molecule has 0 spiro atoms. The molecule has 138 valence electrons. The number of allylic oxidation sites excluding steroid dienone is 4. The predicted molar refractivity (Wildman–Crippen MR) is 100 cm³/mol. The standard InChI is InChI=1S/C16H20N6O3S/c1-25-11-4-2-9(3-5-11)14(24)22-15-12(13(17)23)21-16(26-15)20-10-6-18-8-19-7-10/h2,4,6-7,12,15,18H,3,5,8H2,1H3,(H2,17,23)(H,20,21)(H,22,24). The molecule has 2 amide bonds. The largest absolute Gasteiger partial charge is 0.501 e. The number of rotatable bonds is 5. The summed E-state index contributed by atoms with van der Waals surface area (Å²) in [6.07, 6.45) is 8.16. The first-order chi connectivity index (χ1) is 12.6. The van der Waals surface area contributed by atoms with Gasteiger partial charge < -0.3 is 26.4 Å². The summed E-state index contributed by atoms with van der Waals surface area (Å²) in [5.41, 5.74) is 6.78. The van der Waals surface area contributed by atoms with Crippen molar-refractivity contribution in [3.63, 3.8) is 0 Å². The summed E-state index contributed by atoms with van der Waals surface area (Å²) >= 11 is 1.25. The summed E-state index contributed by atoms with van der Waals surface area (Å²) in [6, 6.07) is -0.838. The summed E-state index contributed by atoms with van der Waals surface area (Å²) in [5.74, 6) is -0.00225. The summed E-state index contributed by atoms with van der Waals surface area (Å²) in [7, 11) is 1.60. The molecule has 9 nitrogen and oxygen atoms in total. The average Bonchev–Trinajstić information content (AvgIpc) is 3.05. The maximum absolute atomic E-state index is 12.5. The lowest BCUT2D eigenvalue weighted by molar-refractivity contribution is -0.120. The van der Waals surface area contributed by atoms with E-state index in [4.69, 9.17) is 10.5 Å². The van der Waals surface area contributed by atoms with Crippen LogP contribution in [0.2, 0.25) is 0 Å². The molecule has 3 rings (SSSR count). The van der Waals surface area contributed by atoms with Gasteiger partial charge in [-0.15, -0.1) is 0 Å². The van der Waals surface area contributed by atoms with Gasteiger partial charge in [-0.3, -0.25) is 14.6 Å². The van der Waals surface area contributed by atoms with E-state index < -0.39 is 17.3 Å². The number of nitrogens with two attached hydrogens (primary N) is 1. The number of hydrogen-bond donors (Lipinski definition) is 4. The fourth-order valence-electron chi connectivity index (χ4n) is 2.57. The molecule has 2 unspecified atom stereocenters. The first-order valence-electron chi connectivity index (χ1n) is 8.05. The van der Waals surface area contributed by atoms with Crippen LogP contribution >= 0.6 is 11.8 Å². The molecule has 0 radical (unpaired) electrons. The predicted octanol–water partition coefficient (Wildman–Crippen LogP) is -0.302. The van der Waals surface area contributed by atoms with Crippen molar-refractivity contribution in [3.05, 3.63) is 35.4 Å². The Kier molecular flexibility index (Phi) is 5.61. The third kappa shape index (κ3) is 4.26. The van der Waals surface area contributed by atoms with Gasteiger partial charge in [0.05, 0.1) is 18.6 Å². The number of amidine groups is 1. The van der Waals surface area contributed by atoms with Gasteiger partial charge >= 0.3 is 0 Å². The number of ether oxygens (including phenoxy) is 1. The molecule has 0 saturated carbocycles. The van der Waals surface area contributed by atoms with Crippen LogP contribution in [0.25, 0.3) is 0 Å². The van der Waals surface area contributed by atoms with Gasteiger partial charge in [0.2, 0.25) is 11.8 Å². The van der Waals surface area contributed by atoms with E-state index in [1.807, 2.05) is 0 Å². The Morgan fingerprint density at radius 1 is 1.38 bits per heavy atom. The van der Waals surface area contributed by atoms with Gasteiger partial charge in [0, 0.05) is 24.4 Å². The maximum Gasteiger partial charge on any atom is 0.248 e. The van der Waals surface area contributed by atoms with Crippen LogP contribution < -0.4 is 21.7 Å². The molecule has 2 aliphatic heterocycles. The molecular weight excluding hydrogens is 356 g/mol. The summed E-state index contributed by atoms with van der Waals surface area (Å²) in [5, 5.41) is 8.80. The highest BCUT2D eigenvalue weighted by Crippen LogP contribution is 2.26. The molecule has 2 atom stereocenters. The van der Waals surface area contributed by atoms with E-state index in [0.29, 0.717) is 35.9 Å². The molecule has 0 aromatic carbocycles. The lowest BCUT2D eigenvalue weighted by Crippen LogP contribution is -2.45. The van der Waals surface area contributed by atoms with Gasteiger partial charge in [-0.2, -0.15) is 0 Å². The lowest BCUT2D eigenvalue weighted by atomic mass is 10.0. The number of carbonyl (C=O) groups excluding carboxylic acids is 2. The second-order valence-corrected chi connectivity index (χ2v) is 6.85. The quantitative estimate of drug-likeness (QED) is 0.521. The van der Waals surface area contributed by atoms with Crippen LogP contribution in [-0.4, -0.2) is 48.4 Å². The van der Waals surface area contributed by atoms with Crippen molar-refractivity contribution in [2.75, 3.05) is 13.8 Å². The number of carbonyl (C=O) groups is 2. The van der Waals surface area contributed by atoms with Crippen LogP contribution in [0, 0.1) is 0 Å². The van der Waals surface area contributed by atoms with Crippen molar-refractivity contribution in [3.8, 4) is 0 Å². The third-order valence-corrected chi connectivity index (χ3v) is 4.99. The summed E-state index contributed by atoms with van der Waals surface area (Å²) < 4.78 is 5.16. The van der Waals surface area contributed by atoms with Crippen molar-refractivity contribution >= 4 is 35.0 Å². The molecular formula is C16H20N6O3S. The van der Waals surface area contributed by atoms with E-state index in [1.54, 1.807) is 31.7 Å². The highest BCUT2D eigenvalue weighted by molar-refractivity contribution is 8.14. The molecule has 5 N–H and O–H groups in total. The fourth-order valence-corrected chi connectivity index (χ4v) is 3.65. The summed E-state index contributed by atoms with van der Waals surface area (Å²) in [6.45, 7) is 0.516. The minimum absolute atomic E-state index is 0.239. The first kappa shape index (κ1) is 18.1. The second kappa shape index (κ2) is 8.09. The molecule has 26 heavy (non-hydrogen) atoms. The zero-order chi connectivity index (χ0) is 18.5.